The van der Waals surface area contributed by atoms with Crippen molar-refractivity contribution in [3.63, 3.8) is 0 Å². The highest BCUT2D eigenvalue weighted by molar-refractivity contribution is 5.95. The number of amides is 1. The predicted octanol–water partition coefficient (Wildman–Crippen LogP) is 3.75. The van der Waals surface area contributed by atoms with Gasteiger partial charge < -0.3 is 15.4 Å². The molecule has 3 N–H and O–H groups in total. The SMILES string of the molecule is O=C(CO)NCc1ccc(-c2cnc3[nH]cc(-c4cnn(Cc5ccccc5)c4)c3c2)cc1. The minimum Gasteiger partial charge on any atom is -0.387 e. The molecule has 2 aromatic carbocycles. The Kier molecular flexibility index (Phi) is 5.70. The van der Waals surface area contributed by atoms with Crippen molar-refractivity contribution in [1.82, 2.24) is 25.1 Å². The molecule has 164 valence electrons. The van der Waals surface area contributed by atoms with Crippen LogP contribution in [-0.4, -0.2) is 37.4 Å². The van der Waals surface area contributed by atoms with Gasteiger partial charge in [0.1, 0.15) is 12.3 Å². The predicted molar refractivity (Wildman–Crippen MR) is 127 cm³/mol. The van der Waals surface area contributed by atoms with Gasteiger partial charge in [-0.25, -0.2) is 4.98 Å². The van der Waals surface area contributed by atoms with Crippen LogP contribution >= 0.6 is 0 Å². The molecule has 7 nitrogen and oxygen atoms in total. The number of nitrogens with one attached hydrogen (secondary N) is 2. The van der Waals surface area contributed by atoms with E-state index in [1.807, 2.05) is 65.7 Å². The van der Waals surface area contributed by atoms with Crippen LogP contribution in [0.4, 0.5) is 0 Å². The lowest BCUT2D eigenvalue weighted by atomic mass is 10.0. The van der Waals surface area contributed by atoms with Crippen LogP contribution in [0.5, 0.6) is 0 Å². The Balaban J connectivity index is 1.39. The number of hydrogen-bond acceptors (Lipinski definition) is 4. The number of aromatic amines is 1. The number of carbonyl (C=O) groups excluding carboxylic acids is 1. The lowest BCUT2D eigenvalue weighted by Crippen LogP contribution is -2.25. The number of pyridine rings is 1. The van der Waals surface area contributed by atoms with E-state index in [0.29, 0.717) is 6.54 Å². The molecule has 0 bridgehead atoms. The number of fused-ring (bicyclic) bond motifs is 1. The Morgan fingerprint density at radius 1 is 0.970 bits per heavy atom. The average molecular weight is 438 g/mol. The molecule has 5 rings (SSSR count). The van der Waals surface area contributed by atoms with Crippen LogP contribution in [0.1, 0.15) is 11.1 Å². The van der Waals surface area contributed by atoms with Gasteiger partial charge in [-0.1, -0.05) is 54.6 Å². The maximum absolute atomic E-state index is 11.2. The summed E-state index contributed by atoms with van der Waals surface area (Å²) in [5.74, 6) is -0.388. The second-order valence-corrected chi connectivity index (χ2v) is 7.87. The average Bonchev–Trinajstić information content (AvgIpc) is 3.49. The maximum Gasteiger partial charge on any atom is 0.245 e. The molecule has 0 fully saturated rings. The summed E-state index contributed by atoms with van der Waals surface area (Å²) in [5.41, 5.74) is 7.12. The van der Waals surface area contributed by atoms with Crippen LogP contribution in [-0.2, 0) is 17.9 Å². The van der Waals surface area contributed by atoms with Crippen LogP contribution < -0.4 is 5.32 Å². The Hall–Kier alpha value is -4.23. The van der Waals surface area contributed by atoms with E-state index in [9.17, 15) is 4.79 Å². The minimum atomic E-state index is -0.506. The van der Waals surface area contributed by atoms with Crippen molar-refractivity contribution in [1.29, 1.82) is 0 Å². The third-order valence-corrected chi connectivity index (χ3v) is 5.58. The summed E-state index contributed by atoms with van der Waals surface area (Å²) in [6, 6.07) is 20.3. The fourth-order valence-electron chi connectivity index (χ4n) is 3.83. The van der Waals surface area contributed by atoms with Gasteiger partial charge in [0.2, 0.25) is 5.91 Å². The van der Waals surface area contributed by atoms with Crippen LogP contribution in [0.25, 0.3) is 33.3 Å². The van der Waals surface area contributed by atoms with Crippen LogP contribution in [0.15, 0.2) is 85.5 Å². The first-order valence-corrected chi connectivity index (χ1v) is 10.7. The maximum atomic E-state index is 11.2. The number of benzene rings is 2. The molecule has 1 amide bonds. The van der Waals surface area contributed by atoms with Gasteiger partial charge in [-0.3, -0.25) is 9.48 Å². The summed E-state index contributed by atoms with van der Waals surface area (Å²) in [7, 11) is 0. The molecule has 0 saturated carbocycles. The van der Waals surface area contributed by atoms with Crippen molar-refractivity contribution in [2.45, 2.75) is 13.1 Å². The highest BCUT2D eigenvalue weighted by Crippen LogP contribution is 2.31. The third kappa shape index (κ3) is 4.53. The number of aromatic nitrogens is 4. The van der Waals surface area contributed by atoms with Gasteiger partial charge in [-0.15, -0.1) is 0 Å². The zero-order valence-corrected chi connectivity index (χ0v) is 17.9. The van der Waals surface area contributed by atoms with E-state index >= 15 is 0 Å². The van der Waals surface area contributed by atoms with E-state index in [1.54, 1.807) is 0 Å². The standard InChI is InChI=1S/C26H23N5O2/c32-17-25(33)27-11-18-6-8-20(9-7-18)21-10-23-24(14-29-26(23)28-12-21)22-13-30-31(16-22)15-19-4-2-1-3-5-19/h1-10,12-14,16,32H,11,15,17H2,(H,27,33)(H,28,29). The molecule has 3 aromatic heterocycles. The molecule has 0 aliphatic rings. The number of H-pyrrole nitrogens is 1. The summed E-state index contributed by atoms with van der Waals surface area (Å²) in [6.45, 7) is 0.595. The van der Waals surface area contributed by atoms with Crippen LogP contribution in [0, 0.1) is 0 Å². The number of aliphatic hydroxyl groups excluding tert-OH is 1. The number of rotatable bonds is 7. The second kappa shape index (κ2) is 9.10. The van der Waals surface area contributed by atoms with Gasteiger partial charge >= 0.3 is 0 Å². The normalized spacial score (nSPS) is 11.1. The fourth-order valence-corrected chi connectivity index (χ4v) is 3.83. The Bertz CT molecular complexity index is 1390. The van der Waals surface area contributed by atoms with Gasteiger partial charge in [0.25, 0.3) is 0 Å². The quantitative estimate of drug-likeness (QED) is 0.361. The van der Waals surface area contributed by atoms with Crippen molar-refractivity contribution in [3.05, 3.63) is 96.6 Å². The third-order valence-electron chi connectivity index (χ3n) is 5.58. The molecule has 33 heavy (non-hydrogen) atoms. The molecule has 3 heterocycles. The zero-order valence-electron chi connectivity index (χ0n) is 17.9. The van der Waals surface area contributed by atoms with Crippen LogP contribution in [0.2, 0.25) is 0 Å². The molecule has 0 saturated heterocycles. The van der Waals surface area contributed by atoms with Gasteiger partial charge in [-0.2, -0.15) is 5.10 Å². The smallest absolute Gasteiger partial charge is 0.245 e. The highest BCUT2D eigenvalue weighted by Gasteiger charge is 2.11. The summed E-state index contributed by atoms with van der Waals surface area (Å²) < 4.78 is 1.94. The fraction of sp³-hybridized carbons (Fsp3) is 0.115. The molecule has 0 aliphatic carbocycles. The summed E-state index contributed by atoms with van der Waals surface area (Å²) >= 11 is 0. The van der Waals surface area contributed by atoms with E-state index in [1.165, 1.54) is 5.56 Å². The van der Waals surface area contributed by atoms with Crippen molar-refractivity contribution >= 4 is 16.9 Å². The topological polar surface area (TPSA) is 95.8 Å². The molecule has 0 radical (unpaired) electrons. The first-order valence-electron chi connectivity index (χ1n) is 10.7. The van der Waals surface area contributed by atoms with E-state index < -0.39 is 6.61 Å². The molecule has 5 aromatic rings. The van der Waals surface area contributed by atoms with Crippen LogP contribution in [0.3, 0.4) is 0 Å². The summed E-state index contributed by atoms with van der Waals surface area (Å²) in [6.07, 6.45) is 7.76. The second-order valence-electron chi connectivity index (χ2n) is 7.87. The van der Waals surface area contributed by atoms with Crippen molar-refractivity contribution < 1.29 is 9.90 Å². The highest BCUT2D eigenvalue weighted by atomic mass is 16.3. The largest absolute Gasteiger partial charge is 0.387 e. The monoisotopic (exact) mass is 437 g/mol. The number of carbonyl (C=O) groups is 1. The first kappa shape index (κ1) is 20.7. The molecular formula is C26H23N5O2. The van der Waals surface area contributed by atoms with Gasteiger partial charge in [0.15, 0.2) is 0 Å². The lowest BCUT2D eigenvalue weighted by molar-refractivity contribution is -0.123. The van der Waals surface area contributed by atoms with Crippen molar-refractivity contribution in [2.24, 2.45) is 0 Å². The van der Waals surface area contributed by atoms with Crippen molar-refractivity contribution in [3.8, 4) is 22.3 Å². The Labute approximate surface area is 190 Å². The molecular weight excluding hydrogens is 414 g/mol. The van der Waals surface area contributed by atoms with E-state index in [4.69, 9.17) is 5.11 Å². The minimum absolute atomic E-state index is 0.381. The van der Waals surface area contributed by atoms with Gasteiger partial charge in [0.05, 0.1) is 12.7 Å². The Morgan fingerprint density at radius 3 is 2.58 bits per heavy atom. The van der Waals surface area contributed by atoms with E-state index in [0.717, 1.165) is 45.4 Å². The zero-order chi connectivity index (χ0) is 22.6. The molecule has 0 spiro atoms. The molecule has 0 unspecified atom stereocenters. The van der Waals surface area contributed by atoms with Crippen molar-refractivity contribution in [2.75, 3.05) is 6.61 Å². The number of aliphatic hydroxyl groups is 1. The molecule has 0 aliphatic heterocycles. The number of hydrogen-bond donors (Lipinski definition) is 3. The summed E-state index contributed by atoms with van der Waals surface area (Å²) in [4.78, 5) is 19.1. The van der Waals surface area contributed by atoms with Gasteiger partial charge in [-0.05, 0) is 22.8 Å². The summed E-state index contributed by atoms with van der Waals surface area (Å²) in [5, 5.41) is 17.0. The lowest BCUT2D eigenvalue weighted by Gasteiger charge is -2.06. The molecule has 0 atom stereocenters. The molecule has 7 heteroatoms. The Morgan fingerprint density at radius 2 is 1.79 bits per heavy atom. The number of nitrogens with zero attached hydrogens (tertiary/aromatic N) is 3. The van der Waals surface area contributed by atoms with Gasteiger partial charge in [0, 0.05) is 47.2 Å². The van der Waals surface area contributed by atoms with E-state index in [2.05, 4.69) is 44.8 Å². The van der Waals surface area contributed by atoms with E-state index in [-0.39, 0.29) is 5.91 Å². The first-order chi connectivity index (χ1) is 16.2.